The molecule has 1 aromatic heterocycles. The van der Waals surface area contributed by atoms with Gasteiger partial charge in [-0.3, -0.25) is 4.79 Å². The van der Waals surface area contributed by atoms with Crippen molar-refractivity contribution < 1.29 is 14.3 Å². The lowest BCUT2D eigenvalue weighted by molar-refractivity contribution is 0.0990. The minimum atomic E-state index is 0.0677. The van der Waals surface area contributed by atoms with Gasteiger partial charge in [0.1, 0.15) is 13.2 Å². The average molecular weight is 303 g/mol. The molecular weight excluding hydrogens is 286 g/mol. The van der Waals surface area contributed by atoms with E-state index in [1.165, 1.54) is 4.88 Å². The number of ketones is 1. The van der Waals surface area contributed by atoms with Gasteiger partial charge in [-0.2, -0.15) is 0 Å². The highest BCUT2D eigenvalue weighted by Gasteiger charge is 2.14. The summed E-state index contributed by atoms with van der Waals surface area (Å²) in [5, 5.41) is 5.25. The Balaban J connectivity index is 1.51. The highest BCUT2D eigenvalue weighted by molar-refractivity contribution is 7.09. The van der Waals surface area contributed by atoms with E-state index in [1.807, 2.05) is 6.07 Å². The van der Waals surface area contributed by atoms with Gasteiger partial charge in [-0.25, -0.2) is 0 Å². The van der Waals surface area contributed by atoms with Crippen molar-refractivity contribution in [3.05, 3.63) is 46.2 Å². The van der Waals surface area contributed by atoms with E-state index < -0.39 is 0 Å². The van der Waals surface area contributed by atoms with E-state index in [0.717, 1.165) is 13.0 Å². The van der Waals surface area contributed by atoms with E-state index >= 15 is 0 Å². The molecule has 5 heteroatoms. The van der Waals surface area contributed by atoms with Crippen LogP contribution in [0.5, 0.6) is 11.5 Å². The summed E-state index contributed by atoms with van der Waals surface area (Å²) in [5.74, 6) is 1.44. The van der Waals surface area contributed by atoms with Crippen molar-refractivity contribution in [2.45, 2.75) is 6.42 Å². The minimum Gasteiger partial charge on any atom is -0.486 e. The van der Waals surface area contributed by atoms with Crippen molar-refractivity contribution in [3.8, 4) is 11.5 Å². The molecule has 0 bridgehead atoms. The van der Waals surface area contributed by atoms with Gasteiger partial charge in [0, 0.05) is 17.0 Å². The normalized spacial score (nSPS) is 13.1. The molecule has 1 N–H and O–H groups in total. The Hall–Kier alpha value is -1.85. The molecule has 1 aliphatic rings. The first-order valence-corrected chi connectivity index (χ1v) is 7.87. The fourth-order valence-corrected chi connectivity index (χ4v) is 2.90. The second-order valence-electron chi connectivity index (χ2n) is 4.79. The summed E-state index contributed by atoms with van der Waals surface area (Å²) in [4.78, 5) is 13.5. The molecular formula is C16H17NO3S. The summed E-state index contributed by atoms with van der Waals surface area (Å²) < 4.78 is 10.9. The molecule has 3 rings (SSSR count). The van der Waals surface area contributed by atoms with Gasteiger partial charge in [0.2, 0.25) is 0 Å². The molecule has 0 saturated carbocycles. The highest BCUT2D eigenvalue weighted by atomic mass is 32.1. The van der Waals surface area contributed by atoms with Gasteiger partial charge in [-0.05, 0) is 36.1 Å². The van der Waals surface area contributed by atoms with Crippen molar-refractivity contribution in [1.82, 2.24) is 5.32 Å². The molecule has 0 aliphatic carbocycles. The maximum atomic E-state index is 12.1. The zero-order chi connectivity index (χ0) is 14.5. The van der Waals surface area contributed by atoms with Gasteiger partial charge in [0.15, 0.2) is 17.3 Å². The summed E-state index contributed by atoms with van der Waals surface area (Å²) >= 11 is 1.74. The van der Waals surface area contributed by atoms with Crippen LogP contribution in [0.25, 0.3) is 0 Å². The van der Waals surface area contributed by atoms with E-state index in [2.05, 4.69) is 16.8 Å². The van der Waals surface area contributed by atoms with Crippen LogP contribution in [0.15, 0.2) is 35.7 Å². The van der Waals surface area contributed by atoms with Crippen LogP contribution in [0.3, 0.4) is 0 Å². The number of benzene rings is 1. The van der Waals surface area contributed by atoms with E-state index in [0.29, 0.717) is 36.8 Å². The van der Waals surface area contributed by atoms with Gasteiger partial charge >= 0.3 is 0 Å². The molecule has 1 aliphatic heterocycles. The molecule has 4 nitrogen and oxygen atoms in total. The molecule has 0 radical (unpaired) electrons. The third-order valence-corrected chi connectivity index (χ3v) is 4.21. The highest BCUT2D eigenvalue weighted by Crippen LogP contribution is 2.30. The Morgan fingerprint density at radius 3 is 2.86 bits per heavy atom. The van der Waals surface area contributed by atoms with Crippen molar-refractivity contribution in [1.29, 1.82) is 0 Å². The Kier molecular flexibility index (Phi) is 4.52. The van der Waals surface area contributed by atoms with Crippen LogP contribution in [0.2, 0.25) is 0 Å². The van der Waals surface area contributed by atoms with Crippen LogP contribution < -0.4 is 14.8 Å². The van der Waals surface area contributed by atoms with Gasteiger partial charge in [0.05, 0.1) is 6.54 Å². The SMILES string of the molecule is O=C(CNCCc1cccs1)c1ccc2c(c1)OCCO2. The standard InChI is InChI=1S/C16H17NO3S/c18-14(11-17-6-5-13-2-1-9-21-13)12-3-4-15-16(10-12)20-8-7-19-15/h1-4,9-10,17H,5-8,11H2. The second kappa shape index (κ2) is 6.74. The van der Waals surface area contributed by atoms with Gasteiger partial charge in [-0.1, -0.05) is 6.07 Å². The number of hydrogen-bond acceptors (Lipinski definition) is 5. The van der Waals surface area contributed by atoms with E-state index in [1.54, 1.807) is 29.5 Å². The van der Waals surface area contributed by atoms with E-state index in [4.69, 9.17) is 9.47 Å². The van der Waals surface area contributed by atoms with Crippen LogP contribution in [0.4, 0.5) is 0 Å². The van der Waals surface area contributed by atoms with Crippen LogP contribution in [-0.4, -0.2) is 32.1 Å². The molecule has 0 atom stereocenters. The zero-order valence-electron chi connectivity index (χ0n) is 11.6. The third-order valence-electron chi connectivity index (χ3n) is 3.28. The maximum absolute atomic E-state index is 12.1. The predicted molar refractivity (Wildman–Crippen MR) is 82.7 cm³/mol. The third kappa shape index (κ3) is 3.62. The van der Waals surface area contributed by atoms with Crippen LogP contribution in [0.1, 0.15) is 15.2 Å². The smallest absolute Gasteiger partial charge is 0.176 e. The fourth-order valence-electron chi connectivity index (χ4n) is 2.19. The van der Waals surface area contributed by atoms with Crippen LogP contribution in [0, 0.1) is 0 Å². The largest absolute Gasteiger partial charge is 0.486 e. The lowest BCUT2D eigenvalue weighted by Gasteiger charge is -2.18. The molecule has 2 aromatic rings. The number of hydrogen-bond donors (Lipinski definition) is 1. The number of carbonyl (C=O) groups excluding carboxylic acids is 1. The number of carbonyl (C=O) groups is 1. The van der Waals surface area contributed by atoms with E-state index in [9.17, 15) is 4.79 Å². The molecule has 0 spiro atoms. The molecule has 0 fully saturated rings. The van der Waals surface area contributed by atoms with E-state index in [-0.39, 0.29) is 5.78 Å². The summed E-state index contributed by atoms with van der Waals surface area (Å²) in [7, 11) is 0. The lowest BCUT2D eigenvalue weighted by Crippen LogP contribution is -2.25. The number of Topliss-reactive ketones (excluding diaryl/α,β-unsaturated/α-hetero) is 1. The fraction of sp³-hybridized carbons (Fsp3) is 0.312. The van der Waals surface area contributed by atoms with Gasteiger partial charge in [0.25, 0.3) is 0 Å². The summed E-state index contributed by atoms with van der Waals surface area (Å²) in [6.45, 7) is 2.23. The Labute approximate surface area is 127 Å². The number of fused-ring (bicyclic) bond motifs is 1. The number of ether oxygens (including phenoxy) is 2. The maximum Gasteiger partial charge on any atom is 0.176 e. The van der Waals surface area contributed by atoms with Crippen molar-refractivity contribution in [2.75, 3.05) is 26.3 Å². The molecule has 0 saturated heterocycles. The predicted octanol–water partition coefficient (Wildman–Crippen LogP) is 2.53. The van der Waals surface area contributed by atoms with Crippen LogP contribution in [-0.2, 0) is 6.42 Å². The number of thiophene rings is 1. The van der Waals surface area contributed by atoms with Crippen molar-refractivity contribution >= 4 is 17.1 Å². The van der Waals surface area contributed by atoms with Crippen molar-refractivity contribution in [3.63, 3.8) is 0 Å². The van der Waals surface area contributed by atoms with Crippen LogP contribution >= 0.6 is 11.3 Å². The first kappa shape index (κ1) is 14.1. The second-order valence-corrected chi connectivity index (χ2v) is 5.82. The molecule has 110 valence electrons. The van der Waals surface area contributed by atoms with Crippen molar-refractivity contribution in [2.24, 2.45) is 0 Å². The zero-order valence-corrected chi connectivity index (χ0v) is 12.4. The first-order chi connectivity index (χ1) is 10.3. The summed E-state index contributed by atoms with van der Waals surface area (Å²) in [6.07, 6.45) is 0.950. The Bertz CT molecular complexity index is 610. The lowest BCUT2D eigenvalue weighted by atomic mass is 10.1. The number of nitrogens with one attached hydrogen (secondary N) is 1. The topological polar surface area (TPSA) is 47.6 Å². The summed E-state index contributed by atoms with van der Waals surface area (Å²) in [6, 6.07) is 9.50. The Morgan fingerprint density at radius 2 is 2.05 bits per heavy atom. The van der Waals surface area contributed by atoms with Gasteiger partial charge in [-0.15, -0.1) is 11.3 Å². The molecule has 0 unspecified atom stereocenters. The Morgan fingerprint density at radius 1 is 1.19 bits per heavy atom. The number of rotatable bonds is 6. The molecule has 21 heavy (non-hydrogen) atoms. The minimum absolute atomic E-state index is 0.0677. The summed E-state index contributed by atoms with van der Waals surface area (Å²) in [5.41, 5.74) is 0.655. The molecule has 1 aromatic carbocycles. The molecule has 0 amide bonds. The van der Waals surface area contributed by atoms with Gasteiger partial charge < -0.3 is 14.8 Å². The first-order valence-electron chi connectivity index (χ1n) is 6.99. The quantitative estimate of drug-likeness (QED) is 0.658. The average Bonchev–Trinajstić information content (AvgIpc) is 3.04. The molecule has 2 heterocycles. The monoisotopic (exact) mass is 303 g/mol.